The van der Waals surface area contributed by atoms with Crippen LogP contribution in [0.5, 0.6) is 0 Å². The van der Waals surface area contributed by atoms with Gasteiger partial charge in [0.1, 0.15) is 0 Å². The third-order valence-electron chi connectivity index (χ3n) is 4.00. The molecule has 0 atom stereocenters. The number of aromatic amines is 1. The van der Waals surface area contributed by atoms with Crippen molar-refractivity contribution < 1.29 is 13.2 Å². The highest BCUT2D eigenvalue weighted by Crippen LogP contribution is 2.29. The monoisotopic (exact) mass is 403 g/mol. The van der Waals surface area contributed by atoms with Gasteiger partial charge in [-0.05, 0) is 48.4 Å². The summed E-state index contributed by atoms with van der Waals surface area (Å²) in [7, 11) is -3.99. The second-order valence-electron chi connectivity index (χ2n) is 6.16. The molecular weight excluding hydrogens is 386 g/mol. The number of aromatic nitrogens is 1. The zero-order chi connectivity index (χ0) is 19.6. The molecule has 3 aromatic rings. The molecular formula is C19H18ClN3O3S. The molecule has 0 fully saturated rings. The zero-order valence-corrected chi connectivity index (χ0v) is 16.1. The molecule has 0 saturated carbocycles. The number of halogens is 1. The fourth-order valence-corrected chi connectivity index (χ4v) is 3.71. The number of amides is 1. The largest absolute Gasteiger partial charge is 0.361 e. The van der Waals surface area contributed by atoms with E-state index >= 15 is 0 Å². The Balaban J connectivity index is 1.89. The molecule has 0 radical (unpaired) electrons. The van der Waals surface area contributed by atoms with Crippen molar-refractivity contribution in [1.82, 2.24) is 4.98 Å². The number of nitrogens with one attached hydrogen (secondary N) is 2. The molecule has 1 heterocycles. The topological polar surface area (TPSA) is 105 Å². The van der Waals surface area contributed by atoms with Crippen LogP contribution in [0.3, 0.4) is 0 Å². The van der Waals surface area contributed by atoms with Crippen molar-refractivity contribution in [2.45, 2.75) is 18.2 Å². The van der Waals surface area contributed by atoms with Crippen molar-refractivity contribution in [2.75, 3.05) is 5.32 Å². The van der Waals surface area contributed by atoms with Crippen LogP contribution in [-0.4, -0.2) is 19.3 Å². The van der Waals surface area contributed by atoms with Crippen molar-refractivity contribution in [1.29, 1.82) is 0 Å². The number of hydrogen-bond acceptors (Lipinski definition) is 3. The molecule has 2 aromatic carbocycles. The molecule has 6 nitrogen and oxygen atoms in total. The molecule has 0 aliphatic rings. The minimum Gasteiger partial charge on any atom is -0.361 e. The van der Waals surface area contributed by atoms with Crippen LogP contribution in [0, 0.1) is 6.92 Å². The third kappa shape index (κ3) is 4.57. The van der Waals surface area contributed by atoms with Gasteiger partial charge in [-0.25, -0.2) is 13.6 Å². The van der Waals surface area contributed by atoms with Crippen molar-refractivity contribution in [3.05, 3.63) is 70.9 Å². The normalized spacial score (nSPS) is 11.4. The Morgan fingerprint density at radius 2 is 1.93 bits per heavy atom. The van der Waals surface area contributed by atoms with Crippen LogP contribution in [0.2, 0.25) is 5.02 Å². The van der Waals surface area contributed by atoms with Crippen molar-refractivity contribution in [2.24, 2.45) is 5.14 Å². The Bertz CT molecular complexity index is 1110. The van der Waals surface area contributed by atoms with E-state index in [1.165, 1.54) is 6.07 Å². The number of H-pyrrole nitrogens is 1. The Kier molecular flexibility index (Phi) is 5.36. The fraction of sp³-hybridized carbons (Fsp3) is 0.105. The molecule has 140 valence electrons. The van der Waals surface area contributed by atoms with Crippen LogP contribution in [0.4, 0.5) is 5.69 Å². The molecule has 0 spiro atoms. The number of rotatable bonds is 5. The highest BCUT2D eigenvalue weighted by molar-refractivity contribution is 7.89. The highest BCUT2D eigenvalue weighted by atomic mass is 35.5. The summed E-state index contributed by atoms with van der Waals surface area (Å²) in [6.07, 6.45) is 1.84. The van der Waals surface area contributed by atoms with Crippen LogP contribution in [-0.2, 0) is 21.2 Å². The summed E-state index contributed by atoms with van der Waals surface area (Å²) in [5, 5.41) is 8.55. The summed E-state index contributed by atoms with van der Waals surface area (Å²) < 4.78 is 24.1. The fourth-order valence-electron chi connectivity index (χ4n) is 2.74. The molecule has 0 bridgehead atoms. The van der Waals surface area contributed by atoms with Gasteiger partial charge < -0.3 is 10.3 Å². The van der Waals surface area contributed by atoms with Crippen molar-refractivity contribution in [3.8, 4) is 11.3 Å². The van der Waals surface area contributed by atoms with Crippen molar-refractivity contribution >= 4 is 33.2 Å². The van der Waals surface area contributed by atoms with Gasteiger partial charge in [0.05, 0.1) is 11.3 Å². The summed E-state index contributed by atoms with van der Waals surface area (Å²) in [6.45, 7) is 1.89. The van der Waals surface area contributed by atoms with Gasteiger partial charge in [0.2, 0.25) is 15.9 Å². The predicted octanol–water partition coefficient (Wildman–Crippen LogP) is 3.47. The number of carbonyl (C=O) groups is 1. The standard InChI is InChI=1S/C19H18ClN3O3S/c1-12-8-17(22-11-12)15-7-6-14(10-18(15)27(21,25)26)23-19(24)9-13-4-2-3-5-16(13)20/h2-8,10-11,22H,9H2,1H3,(H,23,24)(H2,21,25,26). The van der Waals surface area contributed by atoms with E-state index in [1.807, 2.05) is 13.0 Å². The molecule has 3 rings (SSSR count). The van der Waals surface area contributed by atoms with E-state index in [2.05, 4.69) is 10.3 Å². The summed E-state index contributed by atoms with van der Waals surface area (Å²) in [4.78, 5) is 15.2. The SMILES string of the molecule is Cc1c[nH]c(-c2ccc(NC(=O)Cc3ccccc3Cl)cc2S(N)(=O)=O)c1. The number of aryl methyl sites for hydroxylation is 1. The molecule has 4 N–H and O–H groups in total. The Morgan fingerprint density at radius 3 is 2.56 bits per heavy atom. The first-order chi connectivity index (χ1) is 12.7. The minimum absolute atomic E-state index is 0.0695. The maximum Gasteiger partial charge on any atom is 0.238 e. The molecule has 1 amide bonds. The maximum absolute atomic E-state index is 12.3. The predicted molar refractivity (Wildman–Crippen MR) is 106 cm³/mol. The third-order valence-corrected chi connectivity index (χ3v) is 5.32. The average Bonchev–Trinajstić information content (AvgIpc) is 3.02. The van der Waals surface area contributed by atoms with E-state index < -0.39 is 10.0 Å². The molecule has 8 heteroatoms. The number of nitrogens with two attached hydrogens (primary N) is 1. The average molecular weight is 404 g/mol. The van der Waals surface area contributed by atoms with Crippen LogP contribution in [0.1, 0.15) is 11.1 Å². The van der Waals surface area contributed by atoms with Gasteiger partial charge in [-0.15, -0.1) is 0 Å². The van der Waals surface area contributed by atoms with E-state index in [0.29, 0.717) is 27.5 Å². The Hall–Kier alpha value is -2.61. The van der Waals surface area contributed by atoms with Gasteiger partial charge in [-0.1, -0.05) is 29.8 Å². The second-order valence-corrected chi connectivity index (χ2v) is 8.10. The lowest BCUT2D eigenvalue weighted by molar-refractivity contribution is -0.115. The molecule has 0 aliphatic heterocycles. The lowest BCUT2D eigenvalue weighted by atomic mass is 10.1. The number of carbonyl (C=O) groups excluding carboxylic acids is 1. The number of sulfonamides is 1. The zero-order valence-electron chi connectivity index (χ0n) is 14.5. The molecule has 27 heavy (non-hydrogen) atoms. The lowest BCUT2D eigenvalue weighted by Gasteiger charge is -2.11. The van der Waals surface area contributed by atoms with Gasteiger partial charge in [0.25, 0.3) is 0 Å². The van der Waals surface area contributed by atoms with E-state index in [4.69, 9.17) is 16.7 Å². The summed E-state index contributed by atoms with van der Waals surface area (Å²) in [5.41, 5.74) is 3.05. The van der Waals surface area contributed by atoms with E-state index in [1.54, 1.807) is 42.6 Å². The van der Waals surface area contributed by atoms with Crippen LogP contribution < -0.4 is 10.5 Å². The van der Waals surface area contributed by atoms with Gasteiger partial charge in [0.15, 0.2) is 0 Å². The molecule has 0 aliphatic carbocycles. The van der Waals surface area contributed by atoms with Crippen LogP contribution >= 0.6 is 11.6 Å². The number of benzene rings is 2. The van der Waals surface area contributed by atoms with Gasteiger partial charge in [0, 0.05) is 28.2 Å². The Morgan fingerprint density at radius 1 is 1.19 bits per heavy atom. The van der Waals surface area contributed by atoms with Gasteiger partial charge in [-0.2, -0.15) is 0 Å². The van der Waals surface area contributed by atoms with Gasteiger partial charge in [-0.3, -0.25) is 4.79 Å². The summed E-state index contributed by atoms with van der Waals surface area (Å²) in [6, 6.07) is 13.4. The minimum atomic E-state index is -3.99. The van der Waals surface area contributed by atoms with Crippen LogP contribution in [0.15, 0.2) is 59.6 Å². The molecule has 1 aromatic heterocycles. The van der Waals surface area contributed by atoms with E-state index in [0.717, 1.165) is 5.56 Å². The Labute approximate surface area is 162 Å². The number of anilines is 1. The smallest absolute Gasteiger partial charge is 0.238 e. The quantitative estimate of drug-likeness (QED) is 0.607. The number of hydrogen-bond donors (Lipinski definition) is 3. The van der Waals surface area contributed by atoms with Crippen LogP contribution in [0.25, 0.3) is 11.3 Å². The van der Waals surface area contributed by atoms with Crippen molar-refractivity contribution in [3.63, 3.8) is 0 Å². The first kappa shape index (κ1) is 19.2. The van der Waals surface area contributed by atoms with Gasteiger partial charge >= 0.3 is 0 Å². The lowest BCUT2D eigenvalue weighted by Crippen LogP contribution is -2.17. The first-order valence-corrected chi connectivity index (χ1v) is 10.0. The summed E-state index contributed by atoms with van der Waals surface area (Å²) >= 11 is 6.07. The second kappa shape index (κ2) is 7.56. The summed E-state index contributed by atoms with van der Waals surface area (Å²) in [5.74, 6) is -0.313. The highest BCUT2D eigenvalue weighted by Gasteiger charge is 2.18. The number of primary sulfonamides is 1. The first-order valence-electron chi connectivity index (χ1n) is 8.09. The molecule has 0 saturated heterocycles. The van der Waals surface area contributed by atoms with E-state index in [9.17, 15) is 13.2 Å². The van der Waals surface area contributed by atoms with E-state index in [-0.39, 0.29) is 17.2 Å². The maximum atomic E-state index is 12.3. The molecule has 0 unspecified atom stereocenters.